The minimum absolute atomic E-state index is 0.122. The van der Waals surface area contributed by atoms with Crippen molar-refractivity contribution in [3.8, 4) is 0 Å². The molecule has 0 fully saturated rings. The number of rotatable bonds is 1. The molecule has 0 bridgehead atoms. The Morgan fingerprint density at radius 2 is 1.88 bits per heavy atom. The highest BCUT2D eigenvalue weighted by molar-refractivity contribution is 5.84. The molecule has 0 aromatic heterocycles. The van der Waals surface area contributed by atoms with Crippen LogP contribution in [0.3, 0.4) is 0 Å². The Hall–Kier alpha value is -1.50. The molecule has 90 valence electrons. The molecule has 0 saturated heterocycles. The van der Waals surface area contributed by atoms with Crippen LogP contribution in [-0.2, 0) is 5.41 Å². The highest BCUT2D eigenvalue weighted by Gasteiger charge is 2.20. The second-order valence-corrected chi connectivity index (χ2v) is 5.66. The number of hydrogen-bond acceptors (Lipinski definition) is 1. The number of hydrogen-bond donors (Lipinski definition) is 1. The molecule has 0 aliphatic heterocycles. The lowest BCUT2D eigenvalue weighted by molar-refractivity contribution is 0.589. The molecule has 2 rings (SSSR count). The van der Waals surface area contributed by atoms with Gasteiger partial charge in [-0.1, -0.05) is 51.1 Å². The van der Waals surface area contributed by atoms with Crippen LogP contribution < -0.4 is 5.73 Å². The first kappa shape index (κ1) is 12.0. The third kappa shape index (κ3) is 2.44. The fourth-order valence-electron chi connectivity index (χ4n) is 2.32. The Morgan fingerprint density at radius 3 is 2.47 bits per heavy atom. The van der Waals surface area contributed by atoms with Gasteiger partial charge in [0.15, 0.2) is 0 Å². The number of nitrogen functional groups attached to an aromatic ring is 1. The molecule has 1 aromatic rings. The topological polar surface area (TPSA) is 26.0 Å². The van der Waals surface area contributed by atoms with E-state index < -0.39 is 0 Å². The third-order valence-corrected chi connectivity index (χ3v) is 3.19. The Labute approximate surface area is 104 Å². The summed E-state index contributed by atoms with van der Waals surface area (Å²) in [4.78, 5) is 0. The van der Waals surface area contributed by atoms with Crippen LogP contribution in [0.2, 0.25) is 0 Å². The second kappa shape index (κ2) is 4.40. The van der Waals surface area contributed by atoms with Crippen LogP contribution in [0.25, 0.3) is 5.57 Å². The van der Waals surface area contributed by atoms with Gasteiger partial charge < -0.3 is 5.73 Å². The van der Waals surface area contributed by atoms with Gasteiger partial charge in [-0.05, 0) is 35.5 Å². The van der Waals surface area contributed by atoms with Crippen molar-refractivity contribution in [3.63, 3.8) is 0 Å². The van der Waals surface area contributed by atoms with Crippen molar-refractivity contribution in [3.05, 3.63) is 47.6 Å². The maximum Gasteiger partial charge on any atom is 0.0396 e. The van der Waals surface area contributed by atoms with E-state index >= 15 is 0 Å². The molecule has 1 heteroatoms. The first-order valence-corrected chi connectivity index (χ1v) is 6.26. The lowest BCUT2D eigenvalue weighted by Gasteiger charge is -2.25. The standard InChI is InChI=1S/C16H21N/c1-16(2,3)13-10-7-11-14(17)15(13)12-8-5-4-6-9-12/h5,7-11H,4,6,17H2,1-3H3. The minimum atomic E-state index is 0.122. The number of benzene rings is 1. The van der Waals surface area contributed by atoms with E-state index in [0.717, 1.165) is 18.5 Å². The summed E-state index contributed by atoms with van der Waals surface area (Å²) in [5, 5.41) is 0. The van der Waals surface area contributed by atoms with E-state index in [1.807, 2.05) is 12.1 Å². The summed E-state index contributed by atoms with van der Waals surface area (Å²) in [6.07, 6.45) is 8.98. The molecule has 1 aromatic carbocycles. The highest BCUT2D eigenvalue weighted by Crippen LogP contribution is 2.35. The van der Waals surface area contributed by atoms with Gasteiger partial charge in [-0.25, -0.2) is 0 Å². The van der Waals surface area contributed by atoms with Crippen LogP contribution in [0.5, 0.6) is 0 Å². The first-order valence-electron chi connectivity index (χ1n) is 6.26. The van der Waals surface area contributed by atoms with Crippen LogP contribution >= 0.6 is 0 Å². The van der Waals surface area contributed by atoms with Crippen molar-refractivity contribution < 1.29 is 0 Å². The van der Waals surface area contributed by atoms with Gasteiger partial charge in [-0.15, -0.1) is 0 Å². The van der Waals surface area contributed by atoms with Gasteiger partial charge in [0.05, 0.1) is 0 Å². The molecule has 1 aliphatic carbocycles. The van der Waals surface area contributed by atoms with Gasteiger partial charge >= 0.3 is 0 Å². The van der Waals surface area contributed by atoms with E-state index in [4.69, 9.17) is 5.73 Å². The van der Waals surface area contributed by atoms with E-state index in [-0.39, 0.29) is 5.41 Å². The Morgan fingerprint density at radius 1 is 1.12 bits per heavy atom. The van der Waals surface area contributed by atoms with Crippen LogP contribution in [-0.4, -0.2) is 0 Å². The summed E-state index contributed by atoms with van der Waals surface area (Å²) in [5.74, 6) is 0. The molecular weight excluding hydrogens is 206 g/mol. The fraction of sp³-hybridized carbons (Fsp3) is 0.375. The number of allylic oxidation sites excluding steroid dienone is 4. The molecule has 0 spiro atoms. The largest absolute Gasteiger partial charge is 0.398 e. The van der Waals surface area contributed by atoms with Crippen molar-refractivity contribution in [2.75, 3.05) is 5.73 Å². The number of anilines is 1. The first-order chi connectivity index (χ1) is 8.00. The molecule has 0 heterocycles. The molecule has 17 heavy (non-hydrogen) atoms. The molecular formula is C16H21N. The molecule has 1 aliphatic rings. The average molecular weight is 227 g/mol. The zero-order valence-corrected chi connectivity index (χ0v) is 11.0. The zero-order chi connectivity index (χ0) is 12.5. The van der Waals surface area contributed by atoms with E-state index in [1.165, 1.54) is 16.7 Å². The Bertz CT molecular complexity index is 473. The summed E-state index contributed by atoms with van der Waals surface area (Å²) in [5.41, 5.74) is 11.0. The van der Waals surface area contributed by atoms with E-state index in [2.05, 4.69) is 45.1 Å². The quantitative estimate of drug-likeness (QED) is 0.711. The highest BCUT2D eigenvalue weighted by atomic mass is 14.6. The molecule has 0 atom stereocenters. The summed E-state index contributed by atoms with van der Waals surface area (Å²) >= 11 is 0. The third-order valence-electron chi connectivity index (χ3n) is 3.19. The monoisotopic (exact) mass is 227 g/mol. The van der Waals surface area contributed by atoms with Crippen LogP contribution in [0, 0.1) is 0 Å². The van der Waals surface area contributed by atoms with Gasteiger partial charge in [-0.2, -0.15) is 0 Å². The lowest BCUT2D eigenvalue weighted by atomic mass is 9.80. The van der Waals surface area contributed by atoms with Crippen LogP contribution in [0.4, 0.5) is 5.69 Å². The summed E-state index contributed by atoms with van der Waals surface area (Å²) < 4.78 is 0. The Kier molecular flexibility index (Phi) is 3.10. The van der Waals surface area contributed by atoms with Gasteiger partial charge in [-0.3, -0.25) is 0 Å². The molecule has 1 nitrogen and oxygen atoms in total. The summed E-state index contributed by atoms with van der Waals surface area (Å²) in [6, 6.07) is 6.23. The number of nitrogens with two attached hydrogens (primary N) is 1. The summed E-state index contributed by atoms with van der Waals surface area (Å²) in [6.45, 7) is 6.70. The van der Waals surface area contributed by atoms with Crippen molar-refractivity contribution in [1.82, 2.24) is 0 Å². The van der Waals surface area contributed by atoms with Gasteiger partial charge in [0.25, 0.3) is 0 Å². The lowest BCUT2D eigenvalue weighted by Crippen LogP contribution is -2.15. The van der Waals surface area contributed by atoms with Crippen LogP contribution in [0.1, 0.15) is 44.7 Å². The van der Waals surface area contributed by atoms with Crippen LogP contribution in [0.15, 0.2) is 36.4 Å². The van der Waals surface area contributed by atoms with E-state index in [1.54, 1.807) is 0 Å². The SMILES string of the molecule is CC(C)(C)c1cccc(N)c1C1=CCCC=C1. The smallest absolute Gasteiger partial charge is 0.0396 e. The van der Waals surface area contributed by atoms with Crippen molar-refractivity contribution in [2.45, 2.75) is 39.0 Å². The molecule has 2 N–H and O–H groups in total. The predicted octanol–water partition coefficient (Wildman–Crippen LogP) is 4.30. The maximum atomic E-state index is 6.17. The van der Waals surface area contributed by atoms with Crippen molar-refractivity contribution in [2.24, 2.45) is 0 Å². The molecule has 0 saturated carbocycles. The van der Waals surface area contributed by atoms with E-state index in [0.29, 0.717) is 0 Å². The Balaban J connectivity index is 2.59. The zero-order valence-electron chi connectivity index (χ0n) is 11.0. The van der Waals surface area contributed by atoms with Gasteiger partial charge in [0, 0.05) is 11.3 Å². The second-order valence-electron chi connectivity index (χ2n) is 5.66. The van der Waals surface area contributed by atoms with Crippen molar-refractivity contribution in [1.29, 1.82) is 0 Å². The molecule has 0 unspecified atom stereocenters. The maximum absolute atomic E-state index is 6.17. The average Bonchev–Trinajstić information content (AvgIpc) is 2.28. The molecule has 0 radical (unpaired) electrons. The normalized spacial score (nSPS) is 15.8. The van der Waals surface area contributed by atoms with Crippen molar-refractivity contribution >= 4 is 11.3 Å². The summed E-state index contributed by atoms with van der Waals surface area (Å²) in [7, 11) is 0. The van der Waals surface area contributed by atoms with Gasteiger partial charge in [0.1, 0.15) is 0 Å². The fourth-order valence-corrected chi connectivity index (χ4v) is 2.32. The molecule has 0 amide bonds. The predicted molar refractivity (Wildman–Crippen MR) is 75.9 cm³/mol. The van der Waals surface area contributed by atoms with Gasteiger partial charge in [0.2, 0.25) is 0 Å². The van der Waals surface area contributed by atoms with E-state index in [9.17, 15) is 0 Å². The minimum Gasteiger partial charge on any atom is -0.398 e.